The number of carbonyl (C=O) groups excluding carboxylic acids is 1. The summed E-state index contributed by atoms with van der Waals surface area (Å²) in [4.78, 5) is 24.7. The topological polar surface area (TPSA) is 78.1 Å². The lowest BCUT2D eigenvalue weighted by molar-refractivity contribution is 0.0956. The minimum Gasteiger partial charge on any atom is -0.268 e. The van der Waals surface area contributed by atoms with Gasteiger partial charge in [0.05, 0.1) is 4.90 Å². The molecule has 0 amide bonds. The molecule has 0 fully saturated rings. The number of hydrogen-bond donors (Lipinski definition) is 0. The highest BCUT2D eigenvalue weighted by atomic mass is 32.2. The lowest BCUT2D eigenvalue weighted by atomic mass is 10.2. The average molecular weight is 342 g/mol. The predicted molar refractivity (Wildman–Crippen MR) is 88.6 cm³/mol. The van der Waals surface area contributed by atoms with Crippen molar-refractivity contribution in [3.8, 4) is 0 Å². The Kier molecular flexibility index (Phi) is 3.94. The van der Waals surface area contributed by atoms with Crippen LogP contribution in [0.25, 0.3) is 0 Å². The van der Waals surface area contributed by atoms with Crippen molar-refractivity contribution in [2.45, 2.75) is 11.8 Å². The SMILES string of the molecule is Cc1ccc(S(=O)(=O)n2ccn(C(=O)c3ccccc3)c2=O)cc1. The van der Waals surface area contributed by atoms with Crippen LogP contribution in [-0.4, -0.2) is 22.9 Å². The van der Waals surface area contributed by atoms with Crippen molar-refractivity contribution in [2.24, 2.45) is 0 Å². The van der Waals surface area contributed by atoms with E-state index in [0.717, 1.165) is 22.5 Å². The number of carbonyl (C=O) groups is 1. The molecule has 1 heterocycles. The highest BCUT2D eigenvalue weighted by Crippen LogP contribution is 2.13. The van der Waals surface area contributed by atoms with Crippen LogP contribution in [0.4, 0.5) is 0 Å². The van der Waals surface area contributed by atoms with E-state index in [9.17, 15) is 18.0 Å². The average Bonchev–Trinajstić information content (AvgIpc) is 2.97. The lowest BCUT2D eigenvalue weighted by Gasteiger charge is -2.05. The molecule has 0 saturated carbocycles. The van der Waals surface area contributed by atoms with Crippen molar-refractivity contribution in [2.75, 3.05) is 0 Å². The zero-order chi connectivity index (χ0) is 17.3. The van der Waals surface area contributed by atoms with E-state index in [1.54, 1.807) is 42.5 Å². The largest absolute Gasteiger partial charge is 0.349 e. The molecule has 0 unspecified atom stereocenters. The predicted octanol–water partition coefficient (Wildman–Crippen LogP) is 1.88. The number of aromatic nitrogens is 2. The molecule has 7 heteroatoms. The van der Waals surface area contributed by atoms with Gasteiger partial charge in [-0.15, -0.1) is 0 Å². The van der Waals surface area contributed by atoms with Gasteiger partial charge in [-0.1, -0.05) is 35.9 Å². The van der Waals surface area contributed by atoms with Crippen molar-refractivity contribution in [1.29, 1.82) is 0 Å². The Labute approximate surface area is 138 Å². The summed E-state index contributed by atoms with van der Waals surface area (Å²) in [7, 11) is -4.05. The Morgan fingerprint density at radius 2 is 1.54 bits per heavy atom. The van der Waals surface area contributed by atoms with Crippen molar-refractivity contribution in [3.05, 3.63) is 88.6 Å². The van der Waals surface area contributed by atoms with Crippen LogP contribution in [0.2, 0.25) is 0 Å². The third-order valence-corrected chi connectivity index (χ3v) is 5.23. The second-order valence-electron chi connectivity index (χ2n) is 5.24. The van der Waals surface area contributed by atoms with Crippen LogP contribution < -0.4 is 5.69 Å². The van der Waals surface area contributed by atoms with Crippen LogP contribution in [0.1, 0.15) is 15.9 Å². The fourth-order valence-corrected chi connectivity index (χ4v) is 3.46. The van der Waals surface area contributed by atoms with Gasteiger partial charge in [0.1, 0.15) is 0 Å². The molecule has 3 aromatic rings. The first-order valence-corrected chi connectivity index (χ1v) is 8.57. The number of benzene rings is 2. The van der Waals surface area contributed by atoms with Gasteiger partial charge in [-0.25, -0.2) is 17.8 Å². The molecule has 1 aromatic heterocycles. The fraction of sp³-hybridized carbons (Fsp3) is 0.0588. The molecule has 0 aliphatic carbocycles. The first-order valence-electron chi connectivity index (χ1n) is 7.13. The monoisotopic (exact) mass is 342 g/mol. The van der Waals surface area contributed by atoms with Gasteiger partial charge in [0.15, 0.2) is 0 Å². The summed E-state index contributed by atoms with van der Waals surface area (Å²) in [6, 6.07) is 14.3. The van der Waals surface area contributed by atoms with E-state index in [1.165, 1.54) is 12.1 Å². The maximum Gasteiger partial charge on any atom is 0.349 e. The minimum atomic E-state index is -4.05. The fourth-order valence-electron chi connectivity index (χ4n) is 2.24. The Morgan fingerprint density at radius 1 is 0.917 bits per heavy atom. The molecule has 0 saturated heterocycles. The number of hydrogen-bond acceptors (Lipinski definition) is 4. The first-order chi connectivity index (χ1) is 11.4. The first kappa shape index (κ1) is 15.9. The van der Waals surface area contributed by atoms with Gasteiger partial charge >= 0.3 is 5.69 Å². The molecule has 0 aliphatic rings. The minimum absolute atomic E-state index is 0.0138. The van der Waals surface area contributed by atoms with E-state index in [2.05, 4.69) is 0 Å². The molecule has 0 spiro atoms. The Bertz CT molecular complexity index is 1050. The smallest absolute Gasteiger partial charge is 0.268 e. The number of nitrogens with zero attached hydrogens (tertiary/aromatic N) is 2. The molecule has 24 heavy (non-hydrogen) atoms. The zero-order valence-electron chi connectivity index (χ0n) is 12.8. The summed E-state index contributed by atoms with van der Waals surface area (Å²) in [5.74, 6) is -0.585. The van der Waals surface area contributed by atoms with Crippen molar-refractivity contribution in [1.82, 2.24) is 8.54 Å². The van der Waals surface area contributed by atoms with E-state index >= 15 is 0 Å². The van der Waals surface area contributed by atoms with Gasteiger partial charge in [-0.2, -0.15) is 3.97 Å². The Hall–Kier alpha value is -2.93. The molecule has 0 N–H and O–H groups in total. The van der Waals surface area contributed by atoms with E-state index in [1.807, 2.05) is 6.92 Å². The third kappa shape index (κ3) is 2.69. The second kappa shape index (κ2) is 5.93. The van der Waals surface area contributed by atoms with Crippen LogP contribution in [0.5, 0.6) is 0 Å². The van der Waals surface area contributed by atoms with Crippen molar-refractivity contribution in [3.63, 3.8) is 0 Å². The normalized spacial score (nSPS) is 11.4. The molecular weight excluding hydrogens is 328 g/mol. The van der Waals surface area contributed by atoms with E-state index in [4.69, 9.17) is 0 Å². The van der Waals surface area contributed by atoms with Crippen LogP contribution in [0.15, 0.2) is 76.7 Å². The van der Waals surface area contributed by atoms with Gasteiger partial charge in [0, 0.05) is 18.0 Å². The maximum atomic E-state index is 12.6. The molecule has 6 nitrogen and oxygen atoms in total. The molecule has 0 bridgehead atoms. The van der Waals surface area contributed by atoms with Crippen LogP contribution >= 0.6 is 0 Å². The summed E-state index contributed by atoms with van der Waals surface area (Å²) < 4.78 is 26.5. The number of imidazole rings is 1. The van der Waals surface area contributed by atoms with Gasteiger partial charge in [-0.05, 0) is 31.2 Å². The van der Waals surface area contributed by atoms with Gasteiger partial charge in [0.25, 0.3) is 15.9 Å². The quantitative estimate of drug-likeness (QED) is 0.728. The zero-order valence-corrected chi connectivity index (χ0v) is 13.6. The van der Waals surface area contributed by atoms with Crippen LogP contribution in [-0.2, 0) is 10.0 Å². The molecule has 3 rings (SSSR count). The van der Waals surface area contributed by atoms with Crippen molar-refractivity contribution < 1.29 is 13.2 Å². The summed E-state index contributed by atoms with van der Waals surface area (Å²) in [6.07, 6.45) is 2.24. The standard InChI is InChI=1S/C17H14N2O4S/c1-13-7-9-15(10-8-13)24(22,23)19-12-11-18(17(19)21)16(20)14-5-3-2-4-6-14/h2-12H,1H3. The summed E-state index contributed by atoms with van der Waals surface area (Å²) in [5.41, 5.74) is 0.271. The summed E-state index contributed by atoms with van der Waals surface area (Å²) in [6.45, 7) is 1.83. The van der Waals surface area contributed by atoms with Crippen LogP contribution in [0, 0.1) is 6.92 Å². The molecule has 122 valence electrons. The number of rotatable bonds is 3. The molecule has 0 radical (unpaired) electrons. The van der Waals surface area contributed by atoms with E-state index in [0.29, 0.717) is 9.54 Å². The van der Waals surface area contributed by atoms with E-state index < -0.39 is 21.6 Å². The number of aryl methyl sites for hydroxylation is 1. The van der Waals surface area contributed by atoms with E-state index in [-0.39, 0.29) is 4.90 Å². The Morgan fingerprint density at radius 3 is 2.17 bits per heavy atom. The highest BCUT2D eigenvalue weighted by molar-refractivity contribution is 7.90. The van der Waals surface area contributed by atoms with Gasteiger partial charge < -0.3 is 0 Å². The van der Waals surface area contributed by atoms with Gasteiger partial charge in [-0.3, -0.25) is 4.79 Å². The van der Waals surface area contributed by atoms with Crippen LogP contribution in [0.3, 0.4) is 0 Å². The molecular formula is C17H14N2O4S. The second-order valence-corrected chi connectivity index (χ2v) is 7.05. The van der Waals surface area contributed by atoms with Gasteiger partial charge in [0.2, 0.25) is 0 Å². The highest BCUT2D eigenvalue weighted by Gasteiger charge is 2.22. The molecule has 0 aliphatic heterocycles. The maximum absolute atomic E-state index is 12.6. The summed E-state index contributed by atoms with van der Waals surface area (Å²) >= 11 is 0. The molecule has 2 aromatic carbocycles. The lowest BCUT2D eigenvalue weighted by Crippen LogP contribution is -2.32. The van der Waals surface area contributed by atoms with Crippen molar-refractivity contribution >= 4 is 15.9 Å². The Balaban J connectivity index is 2.06. The third-order valence-electron chi connectivity index (χ3n) is 3.56. The summed E-state index contributed by atoms with van der Waals surface area (Å²) in [5, 5.41) is 0. The molecule has 0 atom stereocenters.